The van der Waals surface area contributed by atoms with E-state index >= 15 is 0 Å². The van der Waals surface area contributed by atoms with E-state index in [-0.39, 0.29) is 6.61 Å². The molecule has 0 spiro atoms. The topological polar surface area (TPSA) is 101 Å². The van der Waals surface area contributed by atoms with Crippen molar-refractivity contribution in [2.24, 2.45) is 0 Å². The number of fused-ring (bicyclic) bond motifs is 1. The molecule has 0 bridgehead atoms. The summed E-state index contributed by atoms with van der Waals surface area (Å²) in [6.45, 7) is 3.27. The van der Waals surface area contributed by atoms with Crippen molar-refractivity contribution in [2.75, 3.05) is 0 Å². The smallest absolute Gasteiger partial charge is 0.164 e. The van der Waals surface area contributed by atoms with Gasteiger partial charge in [-0.05, 0) is 43.2 Å². The second-order valence-corrected chi connectivity index (χ2v) is 7.82. The van der Waals surface area contributed by atoms with Crippen LogP contribution in [0.1, 0.15) is 30.0 Å². The quantitative estimate of drug-likeness (QED) is 0.617. The first-order chi connectivity index (χ1) is 13.3. The first kappa shape index (κ1) is 19.3. The van der Waals surface area contributed by atoms with Gasteiger partial charge in [0.05, 0.1) is 18.4 Å². The van der Waals surface area contributed by atoms with Gasteiger partial charge >= 0.3 is 0 Å². The molecule has 148 valence electrons. The van der Waals surface area contributed by atoms with E-state index < -0.39 is 24.0 Å². The molecule has 0 amide bonds. The molecule has 1 unspecified atom stereocenters. The Morgan fingerprint density at radius 3 is 2.79 bits per heavy atom. The summed E-state index contributed by atoms with van der Waals surface area (Å²) in [6, 6.07) is 7.08. The first-order valence-electron chi connectivity index (χ1n) is 9.05. The highest BCUT2D eigenvalue weighted by Gasteiger charge is 2.53. The van der Waals surface area contributed by atoms with Crippen molar-refractivity contribution in [2.45, 2.75) is 50.9 Å². The molecule has 1 aliphatic heterocycles. The van der Waals surface area contributed by atoms with Gasteiger partial charge in [-0.1, -0.05) is 17.7 Å². The average molecular weight is 404 g/mol. The Bertz CT molecular complexity index is 1020. The molecule has 1 aliphatic rings. The van der Waals surface area contributed by atoms with Gasteiger partial charge < -0.3 is 24.6 Å². The van der Waals surface area contributed by atoms with Crippen molar-refractivity contribution in [1.29, 1.82) is 0 Å². The lowest BCUT2D eigenvalue weighted by molar-refractivity contribution is -0.0627. The monoisotopic (exact) mass is 403 g/mol. The molecule has 3 aromatic rings. The van der Waals surface area contributed by atoms with Crippen molar-refractivity contribution in [1.82, 2.24) is 14.5 Å². The molecule has 1 fully saturated rings. The third-order valence-electron chi connectivity index (χ3n) is 5.55. The number of hydrogen-bond acceptors (Lipinski definition) is 6. The predicted octanol–water partition coefficient (Wildman–Crippen LogP) is 2.14. The van der Waals surface area contributed by atoms with Gasteiger partial charge in [0.25, 0.3) is 0 Å². The number of nitrogens with zero attached hydrogens (tertiary/aromatic N) is 3. The lowest BCUT2D eigenvalue weighted by Crippen LogP contribution is -2.45. The summed E-state index contributed by atoms with van der Waals surface area (Å²) < 4.78 is 7.82. The van der Waals surface area contributed by atoms with E-state index in [2.05, 4.69) is 9.97 Å². The zero-order valence-electron chi connectivity index (χ0n) is 15.6. The highest BCUT2D eigenvalue weighted by molar-refractivity contribution is 6.30. The molecular weight excluding hydrogens is 382 g/mol. The minimum Gasteiger partial charge on any atom is -0.392 e. The van der Waals surface area contributed by atoms with E-state index in [1.165, 1.54) is 6.33 Å². The van der Waals surface area contributed by atoms with Gasteiger partial charge in [0.2, 0.25) is 0 Å². The average Bonchev–Trinajstić information content (AvgIpc) is 3.18. The van der Waals surface area contributed by atoms with E-state index in [9.17, 15) is 15.3 Å². The van der Waals surface area contributed by atoms with Crippen LogP contribution >= 0.6 is 11.6 Å². The number of aliphatic hydroxyl groups excluding tert-OH is 2. The molecule has 3 heterocycles. The minimum atomic E-state index is -1.49. The van der Waals surface area contributed by atoms with Gasteiger partial charge in [-0.15, -0.1) is 0 Å². The SMILES string of the molecule is Cc1ncnc2c1ccn2[C@@H]1OC(Cc2ccc(Cl)cc2CO)[C@@](C)(O)[C@H]1O. The highest BCUT2D eigenvalue weighted by atomic mass is 35.5. The fourth-order valence-corrected chi connectivity index (χ4v) is 3.97. The molecule has 3 N–H and O–H groups in total. The summed E-state index contributed by atoms with van der Waals surface area (Å²) in [7, 11) is 0. The Labute approximate surface area is 167 Å². The Balaban J connectivity index is 1.67. The number of hydrogen-bond donors (Lipinski definition) is 3. The molecular formula is C20H22ClN3O4. The Hall–Kier alpha value is -2.03. The third-order valence-corrected chi connectivity index (χ3v) is 5.79. The van der Waals surface area contributed by atoms with Gasteiger partial charge in [0.1, 0.15) is 23.7 Å². The standard InChI is InChI=1S/C20H22ClN3O4/c1-11-15-5-6-24(18(15)23-10-22-11)19-17(26)20(2,27)16(28-19)8-12-3-4-14(21)7-13(12)9-25/h3-7,10,16-17,19,25-27H,8-9H2,1-2H3/t16?,17-,19+,20+/m0/s1. The van der Waals surface area contributed by atoms with Crippen LogP contribution < -0.4 is 0 Å². The molecule has 2 aromatic heterocycles. The van der Waals surface area contributed by atoms with Crippen molar-refractivity contribution >= 4 is 22.6 Å². The Kier molecular flexibility index (Phi) is 4.89. The summed E-state index contributed by atoms with van der Waals surface area (Å²) in [5, 5.41) is 32.8. The van der Waals surface area contributed by atoms with E-state index in [1.807, 2.05) is 13.0 Å². The molecule has 0 aliphatic carbocycles. The van der Waals surface area contributed by atoms with Crippen molar-refractivity contribution < 1.29 is 20.1 Å². The normalized spacial score (nSPS) is 27.6. The van der Waals surface area contributed by atoms with Crippen molar-refractivity contribution in [3.63, 3.8) is 0 Å². The summed E-state index contributed by atoms with van der Waals surface area (Å²) in [5.74, 6) is 0. The molecule has 1 saturated heterocycles. The second-order valence-electron chi connectivity index (χ2n) is 7.38. The van der Waals surface area contributed by atoms with Gasteiger partial charge in [0.15, 0.2) is 6.23 Å². The number of ether oxygens (including phenoxy) is 1. The Morgan fingerprint density at radius 1 is 1.25 bits per heavy atom. The van der Waals surface area contributed by atoms with Crippen LogP contribution in [-0.4, -0.2) is 47.7 Å². The van der Waals surface area contributed by atoms with Crippen LogP contribution in [0.3, 0.4) is 0 Å². The number of aliphatic hydroxyl groups is 3. The lowest BCUT2D eigenvalue weighted by atomic mass is 9.89. The number of aryl methyl sites for hydroxylation is 1. The zero-order valence-corrected chi connectivity index (χ0v) is 16.3. The van der Waals surface area contributed by atoms with Crippen LogP contribution in [-0.2, 0) is 17.8 Å². The molecule has 0 radical (unpaired) electrons. The molecule has 7 nitrogen and oxygen atoms in total. The largest absolute Gasteiger partial charge is 0.392 e. The van der Waals surface area contributed by atoms with E-state index in [0.29, 0.717) is 22.7 Å². The zero-order chi connectivity index (χ0) is 20.1. The molecule has 0 saturated carbocycles. The number of benzene rings is 1. The summed E-state index contributed by atoms with van der Waals surface area (Å²) in [4.78, 5) is 8.49. The van der Waals surface area contributed by atoms with Crippen molar-refractivity contribution in [3.8, 4) is 0 Å². The Morgan fingerprint density at radius 2 is 2.04 bits per heavy atom. The van der Waals surface area contributed by atoms with Crippen LogP contribution in [0.15, 0.2) is 36.8 Å². The number of aromatic nitrogens is 3. The van der Waals surface area contributed by atoms with E-state index in [0.717, 1.165) is 16.6 Å². The molecule has 8 heteroatoms. The van der Waals surface area contributed by atoms with Crippen molar-refractivity contribution in [3.05, 3.63) is 58.6 Å². The molecule has 1 aromatic carbocycles. The molecule has 28 heavy (non-hydrogen) atoms. The van der Waals surface area contributed by atoms with Crippen LogP contribution in [0.2, 0.25) is 5.02 Å². The fraction of sp³-hybridized carbons (Fsp3) is 0.400. The van der Waals surface area contributed by atoms with Gasteiger partial charge in [0, 0.05) is 23.0 Å². The third kappa shape index (κ3) is 3.09. The number of halogens is 1. The van der Waals surface area contributed by atoms with E-state index in [1.54, 1.807) is 35.9 Å². The summed E-state index contributed by atoms with van der Waals surface area (Å²) in [5.41, 5.74) is 1.44. The first-order valence-corrected chi connectivity index (χ1v) is 9.43. The van der Waals surface area contributed by atoms with Crippen LogP contribution in [0.4, 0.5) is 0 Å². The van der Waals surface area contributed by atoms with E-state index in [4.69, 9.17) is 16.3 Å². The fourth-order valence-electron chi connectivity index (χ4n) is 3.78. The van der Waals surface area contributed by atoms with Crippen LogP contribution in [0.5, 0.6) is 0 Å². The summed E-state index contributed by atoms with van der Waals surface area (Å²) >= 11 is 6.00. The lowest BCUT2D eigenvalue weighted by Gasteiger charge is -2.27. The molecule has 4 atom stereocenters. The van der Waals surface area contributed by atoms with Crippen LogP contribution in [0.25, 0.3) is 11.0 Å². The maximum absolute atomic E-state index is 11.0. The summed E-state index contributed by atoms with van der Waals surface area (Å²) in [6.07, 6.45) is 0.928. The predicted molar refractivity (Wildman–Crippen MR) is 104 cm³/mol. The van der Waals surface area contributed by atoms with Gasteiger partial charge in [-0.3, -0.25) is 0 Å². The van der Waals surface area contributed by atoms with Gasteiger partial charge in [-0.2, -0.15) is 0 Å². The second kappa shape index (κ2) is 7.09. The van der Waals surface area contributed by atoms with Gasteiger partial charge in [-0.25, -0.2) is 9.97 Å². The van der Waals surface area contributed by atoms with Crippen LogP contribution in [0, 0.1) is 6.92 Å². The minimum absolute atomic E-state index is 0.171. The maximum atomic E-state index is 11.0. The molecule has 4 rings (SSSR count). The maximum Gasteiger partial charge on any atom is 0.164 e. The number of rotatable bonds is 4. The highest BCUT2D eigenvalue weighted by Crippen LogP contribution is 2.40.